The van der Waals surface area contributed by atoms with E-state index < -0.39 is 64.9 Å². The van der Waals surface area contributed by atoms with Crippen LogP contribution in [0.3, 0.4) is 0 Å². The first-order valence-electron chi connectivity index (χ1n) is 20.7. The van der Waals surface area contributed by atoms with Gasteiger partial charge in [0.2, 0.25) is 0 Å². The van der Waals surface area contributed by atoms with Crippen molar-refractivity contribution in [2.24, 2.45) is 101 Å². The summed E-state index contributed by atoms with van der Waals surface area (Å²) in [5.41, 5.74) is -1.41. The predicted octanol–water partition coefficient (Wildman–Crippen LogP) is 8.22. The number of carbonyl (C=O) groups is 5. The zero-order chi connectivity index (χ0) is 41.2. The lowest BCUT2D eigenvalue weighted by Crippen LogP contribution is -2.53. The average Bonchev–Trinajstić information content (AvgIpc) is 3.95. The molecule has 56 heavy (non-hydrogen) atoms. The second kappa shape index (κ2) is 17.4. The molecule has 7 aliphatic rings. The fraction of sp³-hybridized carbons (Fsp3) is 0.881. The van der Waals surface area contributed by atoms with Crippen molar-refractivity contribution in [2.75, 3.05) is 13.9 Å². The fourth-order valence-electron chi connectivity index (χ4n) is 13.9. The zero-order valence-corrected chi connectivity index (χ0v) is 39.5. The largest absolute Gasteiger partial charge is 0.460 e. The van der Waals surface area contributed by atoms with Crippen molar-refractivity contribution in [1.29, 1.82) is 0 Å². The van der Waals surface area contributed by atoms with E-state index in [-0.39, 0.29) is 72.4 Å². The van der Waals surface area contributed by atoms with Crippen LogP contribution in [0.5, 0.6) is 0 Å². The van der Waals surface area contributed by atoms with E-state index in [0.29, 0.717) is 30.1 Å². The molecule has 7 fully saturated rings. The molecule has 7 rings (SSSR count). The molecule has 0 aromatic rings. The van der Waals surface area contributed by atoms with Crippen molar-refractivity contribution < 1.29 is 52.8 Å². The summed E-state index contributed by atoms with van der Waals surface area (Å²) in [4.78, 5) is 67.7. The monoisotopic (exact) mass is 1030 g/mol. The Morgan fingerprint density at radius 3 is 1.88 bits per heavy atom. The number of halogens is 2. The van der Waals surface area contributed by atoms with Crippen LogP contribution in [0.2, 0.25) is 0 Å². The minimum absolute atomic E-state index is 0.00967. The van der Waals surface area contributed by atoms with Gasteiger partial charge in [-0.25, -0.2) is 0 Å². The Labute approximate surface area is 360 Å². The number of aliphatic hydroxyl groups is 1. The van der Waals surface area contributed by atoms with Crippen molar-refractivity contribution >= 4 is 77.8 Å². The van der Waals surface area contributed by atoms with Gasteiger partial charge in [-0.15, -0.1) is 0 Å². The molecule has 1 saturated heterocycles. The van der Waals surface area contributed by atoms with Crippen LogP contribution < -0.4 is 0 Å². The molecule has 1 aliphatic heterocycles. The van der Waals surface area contributed by atoms with Gasteiger partial charge in [-0.1, -0.05) is 13.8 Å². The Morgan fingerprint density at radius 1 is 0.768 bits per heavy atom. The molecule has 316 valence electrons. The molecule has 18 unspecified atom stereocenters. The van der Waals surface area contributed by atoms with Crippen LogP contribution in [-0.4, -0.2) is 66.2 Å². The van der Waals surface area contributed by atoms with Gasteiger partial charge >= 0.3 is 29.8 Å². The topological polar surface area (TPSA) is 152 Å². The van der Waals surface area contributed by atoms with E-state index >= 15 is 0 Å². The van der Waals surface area contributed by atoms with Crippen molar-refractivity contribution in [3.05, 3.63) is 0 Å². The van der Waals surface area contributed by atoms with Crippen LogP contribution >= 0.6 is 47.9 Å². The molecule has 0 amide bonds. The Hall–Kier alpha value is -0.640. The fourth-order valence-corrected chi connectivity index (χ4v) is 13.9. The van der Waals surface area contributed by atoms with Crippen molar-refractivity contribution in [3.63, 3.8) is 0 Å². The Morgan fingerprint density at radius 2 is 1.34 bits per heavy atom. The van der Waals surface area contributed by atoms with E-state index in [4.69, 9.17) is 23.7 Å². The van der Waals surface area contributed by atoms with Crippen LogP contribution in [0.4, 0.5) is 0 Å². The van der Waals surface area contributed by atoms with Crippen molar-refractivity contribution in [3.8, 4) is 0 Å². The Balaban J connectivity index is 0.00000172. The van der Waals surface area contributed by atoms with Crippen LogP contribution in [0.1, 0.15) is 100 Å². The molecular formula is C42H62I2O11P-. The normalized spacial score (nSPS) is 42.7. The van der Waals surface area contributed by atoms with E-state index in [0.717, 1.165) is 32.1 Å². The number of fused-ring (bicyclic) bond motifs is 6. The van der Waals surface area contributed by atoms with Gasteiger partial charge in [-0.05, 0) is 157 Å². The van der Waals surface area contributed by atoms with E-state index in [1.807, 2.05) is 48.5 Å². The third-order valence-electron chi connectivity index (χ3n) is 15.1. The van der Waals surface area contributed by atoms with Crippen LogP contribution in [0.15, 0.2) is 0 Å². The summed E-state index contributed by atoms with van der Waals surface area (Å²) < 4.78 is 29.2. The summed E-state index contributed by atoms with van der Waals surface area (Å²) in [5.74, 6) is -3.39. The molecule has 0 radical (unpaired) electrons. The number of rotatable bonds is 10. The first kappa shape index (κ1) is 44.9. The summed E-state index contributed by atoms with van der Waals surface area (Å²) >= 11 is 4.49. The molecule has 0 aromatic heterocycles. The quantitative estimate of drug-likeness (QED) is 0.0563. The maximum atomic E-state index is 14.4. The third kappa shape index (κ3) is 8.61. The molecule has 6 bridgehead atoms. The van der Waals surface area contributed by atoms with Gasteiger partial charge < -0.3 is 76.7 Å². The second-order valence-electron chi connectivity index (χ2n) is 20.1. The second-order valence-corrected chi connectivity index (χ2v) is 28.7. The molecule has 0 aromatic carbocycles. The Kier molecular flexibility index (Phi) is 13.9. The molecule has 6 aliphatic carbocycles. The van der Waals surface area contributed by atoms with Crippen LogP contribution in [0, 0.1) is 101 Å². The van der Waals surface area contributed by atoms with Gasteiger partial charge in [0.05, 0.1) is 36.2 Å². The zero-order valence-electron chi connectivity index (χ0n) is 34.3. The maximum absolute atomic E-state index is 14.4. The number of hydrogen-bond donors (Lipinski definition) is 1. The third-order valence-corrected chi connectivity index (χ3v) is 15.1. The first-order chi connectivity index (χ1) is 26.2. The smallest absolute Gasteiger partial charge is 0.317 e. The summed E-state index contributed by atoms with van der Waals surface area (Å²) in [7, 11) is 1.47. The van der Waals surface area contributed by atoms with E-state index in [2.05, 4.69) is 51.0 Å². The van der Waals surface area contributed by atoms with E-state index in [9.17, 15) is 29.1 Å². The molecule has 0 spiro atoms. The number of cyclic esters (lactones) is 2. The number of aliphatic hydroxyl groups excluding tert-OH is 1. The molecule has 1 heterocycles. The first-order valence-corrected chi connectivity index (χ1v) is 27.2. The highest BCUT2D eigenvalue weighted by molar-refractivity contribution is 14.3. The lowest BCUT2D eigenvalue weighted by molar-refractivity contribution is -0.182. The summed E-state index contributed by atoms with van der Waals surface area (Å²) in [6.45, 7) is 14.9. The lowest BCUT2D eigenvalue weighted by Gasteiger charge is -2.52. The average molecular weight is 1030 g/mol. The molecule has 11 nitrogen and oxygen atoms in total. The number of methoxy groups -OCH3 is 1. The van der Waals surface area contributed by atoms with Crippen LogP contribution in [-0.2, 0) is 47.7 Å². The van der Waals surface area contributed by atoms with Gasteiger partial charge in [0.1, 0.15) is 11.2 Å². The van der Waals surface area contributed by atoms with E-state index in [1.54, 1.807) is 0 Å². The lowest BCUT2D eigenvalue weighted by atomic mass is 9.52. The molecule has 14 heteroatoms. The van der Waals surface area contributed by atoms with Crippen molar-refractivity contribution in [2.45, 2.75) is 118 Å². The SMILES string of the molecule is COCOC(=O)C1C2CC(C1C(=O)OC(C)(C)C)C(C1C3CCC(C3)C1C1C(=O)OC(=O)C1C)C2C1C(C)C2CC(C(O)CC(=O)OC(C)(C)C)C1C2.I[P-]I. The maximum Gasteiger partial charge on any atom is 0.317 e. The highest BCUT2D eigenvalue weighted by atomic mass is 127. The molecule has 18 atom stereocenters. The Bertz CT molecular complexity index is 1510. The van der Waals surface area contributed by atoms with Gasteiger partial charge in [0.25, 0.3) is 0 Å². The standard InChI is InChI=1S/C42H62O11.I2P/c1-18-22-13-23(27(43)16-28(44)52-41(3,4)5)24(14-22)29(18)33-25-15-26(36(40(48)53-42(6,7)8)35(25)38(46)50-17-49-9)34(33)32-21-11-10-20(12-21)31(32)30-19(2)37(45)51-39(30)47;1-3-2/h18-27,29-36,43H,10-17H2,1-9H3;/q;-1. The van der Waals surface area contributed by atoms with Crippen LogP contribution in [0.25, 0.3) is 0 Å². The number of carbonyl (C=O) groups excluding carboxylic acids is 5. The minimum Gasteiger partial charge on any atom is -0.460 e. The van der Waals surface area contributed by atoms with Gasteiger partial charge in [-0.2, -0.15) is 0 Å². The van der Waals surface area contributed by atoms with Crippen molar-refractivity contribution in [1.82, 2.24) is 0 Å². The minimum atomic E-state index is -0.848. The van der Waals surface area contributed by atoms with Gasteiger partial charge in [-0.3, -0.25) is 24.0 Å². The number of esters is 5. The molecular weight excluding hydrogens is 965 g/mol. The molecule has 6 saturated carbocycles. The number of ether oxygens (including phenoxy) is 5. The van der Waals surface area contributed by atoms with E-state index in [1.165, 1.54) is 11.0 Å². The van der Waals surface area contributed by atoms with Gasteiger partial charge in [0.15, 0.2) is 6.79 Å². The highest BCUT2D eigenvalue weighted by Gasteiger charge is 2.72. The predicted molar refractivity (Wildman–Crippen MR) is 225 cm³/mol. The van der Waals surface area contributed by atoms with Gasteiger partial charge in [0, 0.05) is 7.11 Å². The number of hydrogen-bond acceptors (Lipinski definition) is 11. The summed E-state index contributed by atoms with van der Waals surface area (Å²) in [5, 5.41) is 11.7. The molecule has 1 N–H and O–H groups in total. The highest BCUT2D eigenvalue weighted by Crippen LogP contribution is 2.73. The summed E-state index contributed by atoms with van der Waals surface area (Å²) in [6, 6.07) is 0. The summed E-state index contributed by atoms with van der Waals surface area (Å²) in [6.07, 6.45) is 4.56.